The van der Waals surface area contributed by atoms with Crippen molar-refractivity contribution in [1.29, 1.82) is 0 Å². The lowest BCUT2D eigenvalue weighted by molar-refractivity contribution is 0.0629. The number of hydrogen-bond acceptors (Lipinski definition) is 4. The van der Waals surface area contributed by atoms with E-state index in [1.165, 1.54) is 0 Å². The predicted octanol–water partition coefficient (Wildman–Crippen LogP) is 3.05. The zero-order chi connectivity index (χ0) is 15.2. The minimum atomic E-state index is -0.776. The molecule has 0 aliphatic rings. The van der Waals surface area contributed by atoms with Crippen LogP contribution >= 0.6 is 11.6 Å². The molecule has 112 valence electrons. The van der Waals surface area contributed by atoms with E-state index in [1.54, 1.807) is 18.2 Å². The lowest BCUT2D eigenvalue weighted by Crippen LogP contribution is -2.25. The molecule has 5 heteroatoms. The summed E-state index contributed by atoms with van der Waals surface area (Å²) in [7, 11) is 0. The van der Waals surface area contributed by atoms with E-state index in [2.05, 4.69) is 0 Å². The number of nitrogen functional groups attached to an aromatic ring is 1. The quantitative estimate of drug-likeness (QED) is 0.805. The van der Waals surface area contributed by atoms with Crippen LogP contribution in [0.4, 0.5) is 5.69 Å². The van der Waals surface area contributed by atoms with E-state index in [-0.39, 0.29) is 13.2 Å². The Bertz CT molecular complexity index is 604. The summed E-state index contributed by atoms with van der Waals surface area (Å²) in [6.45, 7) is 2.13. The van der Waals surface area contributed by atoms with Crippen LogP contribution in [0.1, 0.15) is 5.56 Å². The molecule has 4 nitrogen and oxygen atoms in total. The Balaban J connectivity index is 1.82. The summed E-state index contributed by atoms with van der Waals surface area (Å²) in [6, 6.07) is 12.6. The van der Waals surface area contributed by atoms with E-state index >= 15 is 0 Å². The summed E-state index contributed by atoms with van der Waals surface area (Å²) in [6.07, 6.45) is -0.776. The van der Waals surface area contributed by atoms with Crippen molar-refractivity contribution in [2.24, 2.45) is 0 Å². The van der Waals surface area contributed by atoms with Crippen LogP contribution in [0.3, 0.4) is 0 Å². The van der Waals surface area contributed by atoms with Gasteiger partial charge in [0.25, 0.3) is 0 Å². The molecular weight excluding hydrogens is 290 g/mol. The molecule has 0 heterocycles. The van der Waals surface area contributed by atoms with Crippen LogP contribution in [-0.4, -0.2) is 24.4 Å². The van der Waals surface area contributed by atoms with E-state index in [4.69, 9.17) is 26.8 Å². The Morgan fingerprint density at radius 2 is 1.76 bits per heavy atom. The summed E-state index contributed by atoms with van der Waals surface area (Å²) in [4.78, 5) is 0. The molecule has 0 spiro atoms. The Hall–Kier alpha value is -1.91. The number of benzene rings is 2. The smallest absolute Gasteiger partial charge is 0.142 e. The van der Waals surface area contributed by atoms with Crippen LogP contribution in [0.5, 0.6) is 11.5 Å². The highest BCUT2D eigenvalue weighted by Crippen LogP contribution is 2.25. The van der Waals surface area contributed by atoms with E-state index in [0.29, 0.717) is 22.2 Å². The fraction of sp³-hybridized carbons (Fsp3) is 0.250. The van der Waals surface area contributed by atoms with Gasteiger partial charge in [-0.1, -0.05) is 29.8 Å². The van der Waals surface area contributed by atoms with Crippen molar-refractivity contribution in [1.82, 2.24) is 0 Å². The van der Waals surface area contributed by atoms with Gasteiger partial charge in [0.1, 0.15) is 30.8 Å². The molecule has 0 bridgehead atoms. The van der Waals surface area contributed by atoms with Crippen LogP contribution in [0.25, 0.3) is 0 Å². The number of halogens is 1. The average Bonchev–Trinajstić information content (AvgIpc) is 2.45. The standard InChI is InChI=1S/C16H18ClNO3/c1-11-6-7-15(13(17)8-11)20-9-12(19)10-21-16-5-3-2-4-14(16)18/h2-8,12,19H,9-10,18H2,1H3. The van der Waals surface area contributed by atoms with Crippen LogP contribution in [0.15, 0.2) is 42.5 Å². The molecule has 0 radical (unpaired) electrons. The highest BCUT2D eigenvalue weighted by molar-refractivity contribution is 6.32. The topological polar surface area (TPSA) is 64.7 Å². The molecule has 0 aromatic heterocycles. The Morgan fingerprint density at radius 1 is 1.10 bits per heavy atom. The van der Waals surface area contributed by atoms with Crippen molar-refractivity contribution in [2.45, 2.75) is 13.0 Å². The molecule has 0 amide bonds. The van der Waals surface area contributed by atoms with Gasteiger partial charge in [0.15, 0.2) is 0 Å². The number of aryl methyl sites for hydroxylation is 1. The van der Waals surface area contributed by atoms with Crippen molar-refractivity contribution in [3.63, 3.8) is 0 Å². The maximum atomic E-state index is 9.87. The van der Waals surface area contributed by atoms with Gasteiger partial charge in [0.05, 0.1) is 10.7 Å². The summed E-state index contributed by atoms with van der Waals surface area (Å²) < 4.78 is 10.9. The molecular formula is C16H18ClNO3. The third-order valence-electron chi connectivity index (χ3n) is 2.87. The van der Waals surface area contributed by atoms with Crippen molar-refractivity contribution in [3.05, 3.63) is 53.1 Å². The zero-order valence-corrected chi connectivity index (χ0v) is 12.5. The largest absolute Gasteiger partial charge is 0.489 e. The van der Waals surface area contributed by atoms with Gasteiger partial charge in [-0.2, -0.15) is 0 Å². The molecule has 3 N–H and O–H groups in total. The van der Waals surface area contributed by atoms with E-state index in [1.807, 2.05) is 31.2 Å². The molecule has 2 rings (SSSR count). The number of anilines is 1. The molecule has 1 unspecified atom stereocenters. The third kappa shape index (κ3) is 4.55. The Labute approximate surface area is 129 Å². The lowest BCUT2D eigenvalue weighted by Gasteiger charge is -2.15. The molecule has 0 saturated heterocycles. The predicted molar refractivity (Wildman–Crippen MR) is 84.0 cm³/mol. The van der Waals surface area contributed by atoms with Crippen molar-refractivity contribution >= 4 is 17.3 Å². The van der Waals surface area contributed by atoms with Gasteiger partial charge < -0.3 is 20.3 Å². The maximum Gasteiger partial charge on any atom is 0.142 e. The van der Waals surface area contributed by atoms with Gasteiger partial charge in [-0.3, -0.25) is 0 Å². The maximum absolute atomic E-state index is 9.87. The first-order valence-corrected chi connectivity index (χ1v) is 6.98. The minimum absolute atomic E-state index is 0.0928. The van der Waals surface area contributed by atoms with Gasteiger partial charge in [-0.15, -0.1) is 0 Å². The Morgan fingerprint density at radius 3 is 2.43 bits per heavy atom. The molecule has 0 saturated carbocycles. The van der Waals surface area contributed by atoms with Gasteiger partial charge in [-0.05, 0) is 36.8 Å². The number of nitrogens with two attached hydrogens (primary N) is 1. The van der Waals surface area contributed by atoms with Crippen LogP contribution in [-0.2, 0) is 0 Å². The molecule has 0 aliphatic heterocycles. The van der Waals surface area contributed by atoms with Crippen LogP contribution in [0.2, 0.25) is 5.02 Å². The highest BCUT2D eigenvalue weighted by Gasteiger charge is 2.09. The van der Waals surface area contributed by atoms with Gasteiger partial charge in [0, 0.05) is 0 Å². The normalized spacial score (nSPS) is 12.0. The third-order valence-corrected chi connectivity index (χ3v) is 3.16. The first-order valence-electron chi connectivity index (χ1n) is 6.60. The van der Waals surface area contributed by atoms with E-state index < -0.39 is 6.10 Å². The molecule has 0 fully saturated rings. The van der Waals surface area contributed by atoms with Gasteiger partial charge >= 0.3 is 0 Å². The molecule has 21 heavy (non-hydrogen) atoms. The second kappa shape index (κ2) is 7.20. The first kappa shape index (κ1) is 15.5. The Kier molecular flexibility index (Phi) is 5.31. The van der Waals surface area contributed by atoms with Crippen LogP contribution < -0.4 is 15.2 Å². The van der Waals surface area contributed by atoms with Crippen molar-refractivity contribution in [2.75, 3.05) is 18.9 Å². The SMILES string of the molecule is Cc1ccc(OCC(O)COc2ccccc2N)c(Cl)c1. The molecule has 0 aliphatic carbocycles. The monoisotopic (exact) mass is 307 g/mol. The van der Waals surface area contributed by atoms with Crippen molar-refractivity contribution in [3.8, 4) is 11.5 Å². The van der Waals surface area contributed by atoms with Crippen molar-refractivity contribution < 1.29 is 14.6 Å². The number of rotatable bonds is 6. The molecule has 1 atom stereocenters. The first-order chi connectivity index (χ1) is 10.1. The number of hydrogen-bond donors (Lipinski definition) is 2. The fourth-order valence-electron chi connectivity index (χ4n) is 1.75. The molecule has 2 aromatic carbocycles. The fourth-order valence-corrected chi connectivity index (χ4v) is 2.04. The summed E-state index contributed by atoms with van der Waals surface area (Å²) in [5.41, 5.74) is 7.34. The van der Waals surface area contributed by atoms with Gasteiger partial charge in [-0.25, -0.2) is 0 Å². The van der Waals surface area contributed by atoms with E-state index in [9.17, 15) is 5.11 Å². The number of aliphatic hydroxyl groups is 1. The molecule has 2 aromatic rings. The second-order valence-electron chi connectivity index (χ2n) is 4.75. The zero-order valence-electron chi connectivity index (χ0n) is 11.8. The summed E-state index contributed by atoms with van der Waals surface area (Å²) in [5, 5.41) is 10.4. The minimum Gasteiger partial charge on any atom is -0.489 e. The average molecular weight is 308 g/mol. The van der Waals surface area contributed by atoms with E-state index in [0.717, 1.165) is 5.56 Å². The second-order valence-corrected chi connectivity index (χ2v) is 5.15. The number of aliphatic hydroxyl groups excluding tert-OH is 1. The van der Waals surface area contributed by atoms with Gasteiger partial charge in [0.2, 0.25) is 0 Å². The lowest BCUT2D eigenvalue weighted by atomic mass is 10.2. The number of para-hydroxylation sites is 2. The van der Waals surface area contributed by atoms with Crippen LogP contribution in [0, 0.1) is 6.92 Å². The number of ether oxygens (including phenoxy) is 2. The highest BCUT2D eigenvalue weighted by atomic mass is 35.5. The summed E-state index contributed by atoms with van der Waals surface area (Å²) >= 11 is 6.05. The summed E-state index contributed by atoms with van der Waals surface area (Å²) in [5.74, 6) is 1.09.